The first kappa shape index (κ1) is 23.2. The van der Waals surface area contributed by atoms with Crippen molar-refractivity contribution < 1.29 is 0 Å². The van der Waals surface area contributed by atoms with Crippen LogP contribution in [0.15, 0.2) is 0 Å². The van der Waals surface area contributed by atoms with Crippen LogP contribution in [0.3, 0.4) is 0 Å². The molecule has 0 nitrogen and oxygen atoms in total. The van der Waals surface area contributed by atoms with Crippen molar-refractivity contribution in [1.29, 1.82) is 0 Å². The van der Waals surface area contributed by atoms with Gasteiger partial charge in [0.2, 0.25) is 0 Å². The van der Waals surface area contributed by atoms with Crippen LogP contribution >= 0.6 is 0 Å². The van der Waals surface area contributed by atoms with Crippen molar-refractivity contribution in [2.75, 3.05) is 0 Å². The first-order valence-electron chi connectivity index (χ1n) is 13.9. The predicted molar refractivity (Wildman–Crippen MR) is 131 cm³/mol. The quantitative estimate of drug-likeness (QED) is 0.431. The number of rotatable bonds is 3. The maximum absolute atomic E-state index is 2.73. The summed E-state index contributed by atoms with van der Waals surface area (Å²) in [6.07, 6.45) is 17.9. The minimum Gasteiger partial charge on any atom is -0.0622 e. The topological polar surface area (TPSA) is 0 Å². The molecule has 30 heavy (non-hydrogen) atoms. The van der Waals surface area contributed by atoms with Gasteiger partial charge in [0.05, 0.1) is 0 Å². The molecule has 174 valence electrons. The van der Waals surface area contributed by atoms with E-state index in [1.807, 2.05) is 0 Å². The molecule has 0 heteroatoms. The van der Waals surface area contributed by atoms with Gasteiger partial charge in [0.15, 0.2) is 0 Å². The van der Waals surface area contributed by atoms with E-state index in [9.17, 15) is 0 Å². The molecule has 0 heterocycles. The molecule has 4 saturated carbocycles. The SMILES string of the molecule is C[C@H]1CCC2C(C)(C)CCC[C@]2(C)C1CC[C@H]1[C@@H](C)CC[C@H]2C(C)(C)CCC[C@]12C. The van der Waals surface area contributed by atoms with E-state index in [1.54, 1.807) is 0 Å². The van der Waals surface area contributed by atoms with E-state index in [1.165, 1.54) is 77.0 Å². The van der Waals surface area contributed by atoms with Gasteiger partial charge in [-0.3, -0.25) is 0 Å². The average molecular weight is 415 g/mol. The molecule has 0 bridgehead atoms. The van der Waals surface area contributed by atoms with Crippen molar-refractivity contribution >= 4 is 0 Å². The van der Waals surface area contributed by atoms with Crippen LogP contribution in [0.1, 0.15) is 132 Å². The molecule has 2 unspecified atom stereocenters. The Balaban J connectivity index is 1.55. The lowest BCUT2D eigenvalue weighted by Crippen LogP contribution is -2.53. The number of hydrogen-bond acceptors (Lipinski definition) is 0. The standard InChI is InChI=1S/C30H54/c1-21-11-15-25-27(3,4)17-9-19-29(25,7)23(21)13-14-24-22(2)12-16-26-28(5,6)18-10-20-30(24,26)8/h21-26H,9-20H2,1-8H3/t21-,22-,23-,24?,25-,26?,29+,30+/m0/s1. The molecule has 0 spiro atoms. The lowest BCUT2D eigenvalue weighted by molar-refractivity contribution is -0.116. The summed E-state index contributed by atoms with van der Waals surface area (Å²) in [5.41, 5.74) is 2.33. The van der Waals surface area contributed by atoms with Crippen molar-refractivity contribution in [1.82, 2.24) is 0 Å². The Morgan fingerprint density at radius 1 is 0.533 bits per heavy atom. The molecule has 0 N–H and O–H groups in total. The first-order chi connectivity index (χ1) is 13.9. The normalized spacial score (nSPS) is 50.4. The van der Waals surface area contributed by atoms with Crippen molar-refractivity contribution in [2.45, 2.75) is 132 Å². The van der Waals surface area contributed by atoms with Gasteiger partial charge < -0.3 is 0 Å². The van der Waals surface area contributed by atoms with E-state index in [4.69, 9.17) is 0 Å². The van der Waals surface area contributed by atoms with Crippen LogP contribution in [0.25, 0.3) is 0 Å². The highest BCUT2D eigenvalue weighted by Gasteiger charge is 2.56. The molecule has 0 saturated heterocycles. The van der Waals surface area contributed by atoms with Gasteiger partial charge in [0, 0.05) is 0 Å². The summed E-state index contributed by atoms with van der Waals surface area (Å²) in [5, 5.41) is 0. The van der Waals surface area contributed by atoms with Crippen LogP contribution in [0.4, 0.5) is 0 Å². The van der Waals surface area contributed by atoms with Gasteiger partial charge in [0.25, 0.3) is 0 Å². The molecule has 4 aliphatic rings. The van der Waals surface area contributed by atoms with Crippen LogP contribution in [0.2, 0.25) is 0 Å². The predicted octanol–water partition coefficient (Wildman–Crippen LogP) is 9.52. The summed E-state index contributed by atoms with van der Waals surface area (Å²) < 4.78 is 0. The summed E-state index contributed by atoms with van der Waals surface area (Å²) in [4.78, 5) is 0. The summed E-state index contributed by atoms with van der Waals surface area (Å²) in [7, 11) is 0. The summed E-state index contributed by atoms with van der Waals surface area (Å²) in [5.74, 6) is 5.71. The van der Waals surface area contributed by atoms with Gasteiger partial charge in [-0.2, -0.15) is 0 Å². The summed E-state index contributed by atoms with van der Waals surface area (Å²) >= 11 is 0. The summed E-state index contributed by atoms with van der Waals surface area (Å²) in [6, 6.07) is 0. The smallest absolute Gasteiger partial charge is 0.0262 e. The van der Waals surface area contributed by atoms with Crippen LogP contribution in [0.5, 0.6) is 0 Å². The zero-order valence-corrected chi connectivity index (χ0v) is 21.9. The highest BCUT2D eigenvalue weighted by Crippen LogP contribution is 2.65. The van der Waals surface area contributed by atoms with Crippen LogP contribution in [-0.2, 0) is 0 Å². The number of fused-ring (bicyclic) bond motifs is 2. The van der Waals surface area contributed by atoms with Crippen LogP contribution in [-0.4, -0.2) is 0 Å². The third-order valence-electron chi connectivity index (χ3n) is 12.2. The van der Waals surface area contributed by atoms with Crippen molar-refractivity contribution in [3.8, 4) is 0 Å². The zero-order valence-electron chi connectivity index (χ0n) is 21.9. The molecular formula is C30H54. The lowest BCUT2D eigenvalue weighted by Gasteiger charge is -2.61. The van der Waals surface area contributed by atoms with Gasteiger partial charge in [-0.1, -0.05) is 81.1 Å². The second-order valence-electron chi connectivity index (χ2n) is 14.7. The molecule has 0 aromatic rings. The zero-order chi connectivity index (χ0) is 21.9. The van der Waals surface area contributed by atoms with Gasteiger partial charge in [-0.15, -0.1) is 0 Å². The van der Waals surface area contributed by atoms with E-state index in [0.29, 0.717) is 21.7 Å². The van der Waals surface area contributed by atoms with E-state index < -0.39 is 0 Å². The molecule has 0 aromatic heterocycles. The Hall–Kier alpha value is 0. The Morgan fingerprint density at radius 3 is 1.27 bits per heavy atom. The van der Waals surface area contributed by atoms with E-state index in [-0.39, 0.29) is 0 Å². The fourth-order valence-electron chi connectivity index (χ4n) is 10.8. The van der Waals surface area contributed by atoms with Crippen molar-refractivity contribution in [2.24, 2.45) is 57.2 Å². The molecule has 0 radical (unpaired) electrons. The fraction of sp³-hybridized carbons (Fsp3) is 1.00. The Labute approximate surface area is 189 Å². The molecular weight excluding hydrogens is 360 g/mol. The highest BCUT2D eigenvalue weighted by molar-refractivity contribution is 5.05. The second kappa shape index (κ2) is 7.80. The van der Waals surface area contributed by atoms with Crippen LogP contribution < -0.4 is 0 Å². The highest BCUT2D eigenvalue weighted by atomic mass is 14.6. The third kappa shape index (κ3) is 3.63. The van der Waals surface area contributed by atoms with Crippen LogP contribution in [0, 0.1) is 57.2 Å². The molecule has 0 amide bonds. The first-order valence-corrected chi connectivity index (χ1v) is 13.9. The Bertz CT molecular complexity index is 560. The van der Waals surface area contributed by atoms with Gasteiger partial charge in [0.1, 0.15) is 0 Å². The minimum atomic E-state index is 0.563. The molecule has 4 aliphatic carbocycles. The summed E-state index contributed by atoms with van der Waals surface area (Å²) in [6.45, 7) is 21.1. The van der Waals surface area contributed by atoms with E-state index >= 15 is 0 Å². The average Bonchev–Trinajstić information content (AvgIpc) is 2.61. The Morgan fingerprint density at radius 2 is 0.900 bits per heavy atom. The Kier molecular flexibility index (Phi) is 6.02. The van der Waals surface area contributed by atoms with Crippen molar-refractivity contribution in [3.63, 3.8) is 0 Å². The molecule has 8 atom stereocenters. The molecule has 0 aromatic carbocycles. The fourth-order valence-corrected chi connectivity index (χ4v) is 10.8. The van der Waals surface area contributed by atoms with E-state index in [2.05, 4.69) is 55.4 Å². The monoisotopic (exact) mass is 414 g/mol. The third-order valence-corrected chi connectivity index (χ3v) is 12.2. The van der Waals surface area contributed by atoms with E-state index in [0.717, 1.165) is 35.5 Å². The number of hydrogen-bond donors (Lipinski definition) is 0. The molecule has 4 rings (SSSR count). The molecule has 4 fully saturated rings. The minimum absolute atomic E-state index is 0.563. The second-order valence-corrected chi connectivity index (χ2v) is 14.7. The van der Waals surface area contributed by atoms with Crippen molar-refractivity contribution in [3.05, 3.63) is 0 Å². The lowest BCUT2D eigenvalue weighted by atomic mass is 9.44. The largest absolute Gasteiger partial charge is 0.0622 e. The molecule has 0 aliphatic heterocycles. The maximum Gasteiger partial charge on any atom is -0.0262 e. The van der Waals surface area contributed by atoms with Gasteiger partial charge in [-0.05, 0) is 109 Å². The maximum atomic E-state index is 2.73. The van der Waals surface area contributed by atoms with Gasteiger partial charge >= 0.3 is 0 Å². The van der Waals surface area contributed by atoms with Gasteiger partial charge in [-0.25, -0.2) is 0 Å².